The second-order valence-corrected chi connectivity index (χ2v) is 2.15. The Morgan fingerprint density at radius 2 is 2.38 bits per heavy atom. The number of carbonyl (C=O) groups is 1. The first-order chi connectivity index (χ1) is 3.68. The predicted molar refractivity (Wildman–Crippen MR) is 34.7 cm³/mol. The number of carbonyl (C=O) groups excluding carboxylic acids is 1. The third-order valence-corrected chi connectivity index (χ3v) is 1.29. The Bertz CT molecular complexity index is 94.6. The van der Waals surface area contributed by atoms with Gasteiger partial charge in [0.2, 0.25) is 0 Å². The molecule has 0 aromatic carbocycles. The maximum absolute atomic E-state index is 9.88. The van der Waals surface area contributed by atoms with Gasteiger partial charge in [0, 0.05) is 6.42 Å². The van der Waals surface area contributed by atoms with E-state index in [1.165, 1.54) is 0 Å². The molecule has 8 heavy (non-hydrogen) atoms. The van der Waals surface area contributed by atoms with Crippen LogP contribution < -0.4 is 0 Å². The van der Waals surface area contributed by atoms with Gasteiger partial charge in [-0.25, -0.2) is 0 Å². The summed E-state index contributed by atoms with van der Waals surface area (Å²) >= 11 is 0. The lowest BCUT2D eigenvalue weighted by Crippen LogP contribution is -1.94. The van der Waals surface area contributed by atoms with Gasteiger partial charge in [-0.05, 0) is 12.8 Å². The highest BCUT2D eigenvalue weighted by molar-refractivity contribution is 5.50. The summed E-state index contributed by atoms with van der Waals surface area (Å²) in [5.74, 6) is 0.354. The van der Waals surface area contributed by atoms with Crippen molar-refractivity contribution >= 4 is 6.29 Å². The zero-order chi connectivity index (χ0) is 6.57. The molecule has 0 aromatic heterocycles. The first-order valence-electron chi connectivity index (χ1n) is 2.77. The van der Waals surface area contributed by atoms with Crippen LogP contribution in [0, 0.1) is 5.92 Å². The molecule has 0 aliphatic heterocycles. The van der Waals surface area contributed by atoms with Crippen LogP contribution in [-0.2, 0) is 4.79 Å². The fraction of sp³-hybridized carbons (Fsp3) is 0.571. The number of aldehydes is 1. The van der Waals surface area contributed by atoms with E-state index in [0.717, 1.165) is 11.9 Å². The highest BCUT2D eigenvalue weighted by Crippen LogP contribution is 2.08. The van der Waals surface area contributed by atoms with E-state index in [9.17, 15) is 4.79 Å². The molecule has 0 aromatic rings. The zero-order valence-corrected chi connectivity index (χ0v) is 5.48. The van der Waals surface area contributed by atoms with Gasteiger partial charge in [0.25, 0.3) is 0 Å². The van der Waals surface area contributed by atoms with Gasteiger partial charge in [-0.2, -0.15) is 0 Å². The second kappa shape index (κ2) is 3.42. The van der Waals surface area contributed by atoms with E-state index < -0.39 is 0 Å². The molecule has 1 heteroatoms. The Labute approximate surface area is 50.4 Å². The van der Waals surface area contributed by atoms with Crippen LogP contribution in [0.4, 0.5) is 0 Å². The van der Waals surface area contributed by atoms with Crippen molar-refractivity contribution in [3.8, 4) is 0 Å². The summed E-state index contributed by atoms with van der Waals surface area (Å²) in [6.07, 6.45) is 1.54. The first-order valence-corrected chi connectivity index (χ1v) is 2.77. The lowest BCUT2D eigenvalue weighted by molar-refractivity contribution is -0.108. The standard InChI is InChI=1S/C7H12O/c1-6(2)7(3)4-5-8/h5,7H,1,4H2,2-3H3. The summed E-state index contributed by atoms with van der Waals surface area (Å²) < 4.78 is 0. The summed E-state index contributed by atoms with van der Waals surface area (Å²) in [5, 5.41) is 0. The average molecular weight is 112 g/mol. The summed E-state index contributed by atoms with van der Waals surface area (Å²) in [6, 6.07) is 0. The fourth-order valence-corrected chi connectivity index (χ4v) is 0.346. The van der Waals surface area contributed by atoms with Crippen molar-refractivity contribution in [2.24, 2.45) is 5.92 Å². The van der Waals surface area contributed by atoms with Crippen LogP contribution in [-0.4, -0.2) is 6.29 Å². The van der Waals surface area contributed by atoms with Crippen molar-refractivity contribution in [2.75, 3.05) is 0 Å². The Balaban J connectivity index is 3.46. The Kier molecular flexibility index (Phi) is 3.16. The molecular formula is C7H12O. The minimum Gasteiger partial charge on any atom is -0.303 e. The van der Waals surface area contributed by atoms with E-state index in [-0.39, 0.29) is 0 Å². The van der Waals surface area contributed by atoms with Crippen molar-refractivity contribution in [1.29, 1.82) is 0 Å². The predicted octanol–water partition coefficient (Wildman–Crippen LogP) is 1.79. The van der Waals surface area contributed by atoms with E-state index >= 15 is 0 Å². The quantitative estimate of drug-likeness (QED) is 0.402. The molecule has 1 nitrogen and oxygen atoms in total. The minimum absolute atomic E-state index is 0.354. The third-order valence-electron chi connectivity index (χ3n) is 1.29. The van der Waals surface area contributed by atoms with Gasteiger partial charge in [-0.15, -0.1) is 0 Å². The molecule has 0 bridgehead atoms. The van der Waals surface area contributed by atoms with Crippen LogP contribution >= 0.6 is 0 Å². The van der Waals surface area contributed by atoms with Crippen molar-refractivity contribution in [3.05, 3.63) is 12.2 Å². The summed E-state index contributed by atoms with van der Waals surface area (Å²) in [6.45, 7) is 7.65. The van der Waals surface area contributed by atoms with Crippen LogP contribution in [0.3, 0.4) is 0 Å². The van der Waals surface area contributed by atoms with Gasteiger partial charge in [-0.1, -0.05) is 19.1 Å². The van der Waals surface area contributed by atoms with Gasteiger partial charge in [0.1, 0.15) is 6.29 Å². The van der Waals surface area contributed by atoms with Crippen LogP contribution in [0.2, 0.25) is 0 Å². The van der Waals surface area contributed by atoms with Crippen molar-refractivity contribution in [1.82, 2.24) is 0 Å². The fourth-order valence-electron chi connectivity index (χ4n) is 0.346. The topological polar surface area (TPSA) is 17.1 Å². The molecule has 0 radical (unpaired) electrons. The van der Waals surface area contributed by atoms with Crippen molar-refractivity contribution in [2.45, 2.75) is 20.3 Å². The average Bonchev–Trinajstić information content (AvgIpc) is 1.67. The summed E-state index contributed by atoms with van der Waals surface area (Å²) in [4.78, 5) is 9.88. The van der Waals surface area contributed by atoms with Gasteiger partial charge in [0.05, 0.1) is 0 Å². The molecule has 0 N–H and O–H groups in total. The van der Waals surface area contributed by atoms with Crippen molar-refractivity contribution < 1.29 is 4.79 Å². The highest BCUT2D eigenvalue weighted by Gasteiger charge is 1.98. The number of hydrogen-bond acceptors (Lipinski definition) is 1. The summed E-state index contributed by atoms with van der Waals surface area (Å²) in [5.41, 5.74) is 1.08. The van der Waals surface area contributed by atoms with Crippen molar-refractivity contribution in [3.63, 3.8) is 0 Å². The molecule has 0 fully saturated rings. The third kappa shape index (κ3) is 2.56. The second-order valence-electron chi connectivity index (χ2n) is 2.15. The molecule has 0 aliphatic carbocycles. The zero-order valence-electron chi connectivity index (χ0n) is 5.48. The van der Waals surface area contributed by atoms with Crippen LogP contribution in [0.15, 0.2) is 12.2 Å². The maximum atomic E-state index is 9.88. The van der Waals surface area contributed by atoms with Crippen LogP contribution in [0.25, 0.3) is 0 Å². The van der Waals surface area contributed by atoms with E-state index in [4.69, 9.17) is 0 Å². The van der Waals surface area contributed by atoms with E-state index in [2.05, 4.69) is 6.58 Å². The van der Waals surface area contributed by atoms with Crippen LogP contribution in [0.5, 0.6) is 0 Å². The molecule has 0 spiro atoms. The monoisotopic (exact) mass is 112 g/mol. The minimum atomic E-state index is 0.354. The molecule has 0 heterocycles. The lowest BCUT2D eigenvalue weighted by Gasteiger charge is -2.03. The van der Waals surface area contributed by atoms with Crippen LogP contribution in [0.1, 0.15) is 20.3 Å². The Morgan fingerprint density at radius 1 is 1.88 bits per heavy atom. The first kappa shape index (κ1) is 7.41. The molecule has 0 rings (SSSR count). The number of hydrogen-bond donors (Lipinski definition) is 0. The number of rotatable bonds is 3. The molecule has 0 saturated heterocycles. The molecule has 46 valence electrons. The lowest BCUT2D eigenvalue weighted by atomic mass is 10.0. The SMILES string of the molecule is C=C(C)C(C)CC=O. The molecule has 0 amide bonds. The Morgan fingerprint density at radius 3 is 2.50 bits per heavy atom. The molecule has 0 saturated carbocycles. The molecule has 1 unspecified atom stereocenters. The smallest absolute Gasteiger partial charge is 0.120 e. The van der Waals surface area contributed by atoms with E-state index in [1.807, 2.05) is 13.8 Å². The van der Waals surface area contributed by atoms with E-state index in [1.54, 1.807) is 0 Å². The molecular weight excluding hydrogens is 100 g/mol. The molecule has 1 atom stereocenters. The maximum Gasteiger partial charge on any atom is 0.120 e. The largest absolute Gasteiger partial charge is 0.303 e. The normalized spacial score (nSPS) is 12.8. The molecule has 0 aliphatic rings. The van der Waals surface area contributed by atoms with Gasteiger partial charge < -0.3 is 4.79 Å². The highest BCUT2D eigenvalue weighted by atomic mass is 16.1. The van der Waals surface area contributed by atoms with Gasteiger partial charge >= 0.3 is 0 Å². The van der Waals surface area contributed by atoms with Gasteiger partial charge in [0.15, 0.2) is 0 Å². The van der Waals surface area contributed by atoms with Gasteiger partial charge in [-0.3, -0.25) is 0 Å². The van der Waals surface area contributed by atoms with E-state index in [0.29, 0.717) is 12.3 Å². The number of allylic oxidation sites excluding steroid dienone is 1. The Hall–Kier alpha value is -0.590. The summed E-state index contributed by atoms with van der Waals surface area (Å²) in [7, 11) is 0.